The number of hydrogen-bond donors (Lipinski definition) is 4. The summed E-state index contributed by atoms with van der Waals surface area (Å²) >= 11 is 0. The zero-order valence-electron chi connectivity index (χ0n) is 22.7. The van der Waals surface area contributed by atoms with Gasteiger partial charge in [0.25, 0.3) is 0 Å². The zero-order chi connectivity index (χ0) is 29.4. The minimum Gasteiger partial charge on any atom is -0.507 e. The van der Waals surface area contributed by atoms with Crippen molar-refractivity contribution in [2.75, 3.05) is 14.1 Å². The van der Waals surface area contributed by atoms with E-state index in [9.17, 15) is 34.2 Å². The SMILES string of the molecule is CC(C)NCc1ccc2c(F)c3c(c(O)c2c1)C(=O)C1C(=O)C2(O)C(=O)C(C(N)=O)C(=O)C(N(C)C)C2CC1C3. The molecule has 40 heavy (non-hydrogen) atoms. The number of halogens is 1. The minimum atomic E-state index is -2.82. The Balaban J connectivity index is 1.64. The van der Waals surface area contributed by atoms with Crippen LogP contribution in [0.4, 0.5) is 4.39 Å². The monoisotopic (exact) mass is 553 g/mol. The molecule has 2 aromatic rings. The Labute approximate surface area is 229 Å². The maximum atomic E-state index is 15.9. The van der Waals surface area contributed by atoms with Crippen LogP contribution >= 0.6 is 0 Å². The Morgan fingerprint density at radius 2 is 1.85 bits per heavy atom. The molecule has 2 aromatic carbocycles. The molecular weight excluding hydrogens is 521 g/mol. The van der Waals surface area contributed by atoms with Crippen LogP contribution in [0.25, 0.3) is 10.8 Å². The molecule has 3 aliphatic carbocycles. The number of phenolic OH excluding ortho intramolecular Hbond substituents is 1. The second-order valence-corrected chi connectivity index (χ2v) is 11.7. The number of likely N-dealkylation sites (N-methyl/N-ethyl adjacent to an activating group) is 1. The van der Waals surface area contributed by atoms with Gasteiger partial charge in [0.1, 0.15) is 11.6 Å². The smallest absolute Gasteiger partial charge is 0.235 e. The summed E-state index contributed by atoms with van der Waals surface area (Å²) in [7, 11) is 3.01. The maximum Gasteiger partial charge on any atom is 0.235 e. The van der Waals surface area contributed by atoms with E-state index in [1.165, 1.54) is 25.1 Å². The molecule has 2 saturated carbocycles. The summed E-state index contributed by atoms with van der Waals surface area (Å²) < 4.78 is 15.9. The first kappa shape index (κ1) is 28.0. The summed E-state index contributed by atoms with van der Waals surface area (Å²) in [6, 6.07) is 3.79. The van der Waals surface area contributed by atoms with E-state index in [0.29, 0.717) is 6.54 Å². The number of aliphatic hydroxyl groups is 1. The molecule has 5 N–H and O–H groups in total. The lowest BCUT2D eigenvalue weighted by atomic mass is 9.52. The summed E-state index contributed by atoms with van der Waals surface area (Å²) in [5.41, 5.74) is 2.85. The van der Waals surface area contributed by atoms with E-state index in [2.05, 4.69) is 5.32 Å². The largest absolute Gasteiger partial charge is 0.507 e. The third-order valence-electron chi connectivity index (χ3n) is 8.75. The Morgan fingerprint density at radius 3 is 2.45 bits per heavy atom. The first-order chi connectivity index (χ1) is 18.7. The standard InChI is InChI=1S/C29H32FN3O7/c1-11(2)32-10-12-5-6-14-15(7-12)23(34)19-16(21(14)30)8-13-9-17-22(33(3)4)25(36)20(28(31)39)27(38)29(17,40)26(37)18(13)24(19)35/h5-7,11,13,17-18,20,22,32,34,40H,8-10H2,1-4H3,(H2,31,39). The van der Waals surface area contributed by atoms with Gasteiger partial charge in [-0.15, -0.1) is 0 Å². The predicted octanol–water partition coefficient (Wildman–Crippen LogP) is 0.657. The van der Waals surface area contributed by atoms with Crippen LogP contribution in [-0.2, 0) is 32.1 Å². The molecule has 3 aliphatic rings. The number of nitrogens with zero attached hydrogens (tertiary/aromatic N) is 1. The van der Waals surface area contributed by atoms with Crippen molar-refractivity contribution in [1.82, 2.24) is 10.2 Å². The third-order valence-corrected chi connectivity index (χ3v) is 8.75. The van der Waals surface area contributed by atoms with E-state index in [1.54, 1.807) is 12.1 Å². The van der Waals surface area contributed by atoms with Crippen LogP contribution in [0.5, 0.6) is 5.75 Å². The normalized spacial score (nSPS) is 30.1. The van der Waals surface area contributed by atoms with E-state index in [0.717, 1.165) is 5.56 Å². The predicted molar refractivity (Wildman–Crippen MR) is 141 cm³/mol. The second-order valence-electron chi connectivity index (χ2n) is 11.7. The highest BCUT2D eigenvalue weighted by Gasteiger charge is 2.69. The molecule has 0 spiro atoms. The van der Waals surface area contributed by atoms with E-state index in [4.69, 9.17) is 5.73 Å². The Morgan fingerprint density at radius 1 is 1.18 bits per heavy atom. The number of aromatic hydroxyl groups is 1. The molecule has 212 valence electrons. The number of benzene rings is 2. The molecule has 6 unspecified atom stereocenters. The Kier molecular flexibility index (Phi) is 6.67. The number of primary amides is 1. The quantitative estimate of drug-likeness (QED) is 0.389. The van der Waals surface area contributed by atoms with E-state index >= 15 is 4.39 Å². The van der Waals surface area contributed by atoms with Gasteiger partial charge in [-0.05, 0) is 44.5 Å². The number of amides is 1. The number of carbonyl (C=O) groups is 5. The topological polar surface area (TPSA) is 167 Å². The van der Waals surface area contributed by atoms with Gasteiger partial charge < -0.3 is 21.3 Å². The van der Waals surface area contributed by atoms with Gasteiger partial charge in [-0.2, -0.15) is 0 Å². The van der Waals surface area contributed by atoms with Gasteiger partial charge in [0, 0.05) is 34.8 Å². The third kappa shape index (κ3) is 3.82. The molecule has 11 heteroatoms. The summed E-state index contributed by atoms with van der Waals surface area (Å²) in [6.45, 7) is 4.36. The van der Waals surface area contributed by atoms with Crippen LogP contribution in [0.3, 0.4) is 0 Å². The van der Waals surface area contributed by atoms with E-state index < -0.39 is 75.9 Å². The van der Waals surface area contributed by atoms with Crippen LogP contribution in [0, 0.1) is 29.5 Å². The summed E-state index contributed by atoms with van der Waals surface area (Å²) in [6.07, 6.45) is -0.264. The molecule has 0 heterocycles. The molecule has 2 fully saturated rings. The number of phenols is 1. The highest BCUT2D eigenvalue weighted by atomic mass is 19.1. The zero-order valence-corrected chi connectivity index (χ0v) is 22.7. The molecule has 0 bridgehead atoms. The van der Waals surface area contributed by atoms with Gasteiger partial charge >= 0.3 is 0 Å². The average Bonchev–Trinajstić information content (AvgIpc) is 2.87. The summed E-state index contributed by atoms with van der Waals surface area (Å²) in [5, 5.41) is 26.3. The first-order valence-corrected chi connectivity index (χ1v) is 13.3. The first-order valence-electron chi connectivity index (χ1n) is 13.3. The lowest BCUT2D eigenvalue weighted by Gasteiger charge is -2.52. The average molecular weight is 554 g/mol. The second kappa shape index (κ2) is 9.53. The molecule has 5 rings (SSSR count). The molecule has 10 nitrogen and oxygen atoms in total. The molecule has 1 amide bonds. The van der Waals surface area contributed by atoms with Crippen molar-refractivity contribution in [1.29, 1.82) is 0 Å². The number of ketones is 4. The molecule has 0 saturated heterocycles. The van der Waals surface area contributed by atoms with Crippen LogP contribution in [0.1, 0.15) is 41.8 Å². The number of hydrogen-bond acceptors (Lipinski definition) is 9. The number of carbonyl (C=O) groups excluding carboxylic acids is 5. The van der Waals surface area contributed by atoms with Gasteiger partial charge in [-0.1, -0.05) is 26.0 Å². The maximum absolute atomic E-state index is 15.9. The number of Topliss-reactive ketones (excluding diaryl/α,β-unsaturated/α-hetero) is 4. The molecular formula is C29H32FN3O7. The number of nitrogens with two attached hydrogens (primary N) is 1. The number of rotatable bonds is 5. The Hall–Kier alpha value is -3.54. The minimum absolute atomic E-state index is 0.0487. The Bertz CT molecular complexity index is 1500. The fourth-order valence-corrected chi connectivity index (χ4v) is 6.90. The molecule has 6 atom stereocenters. The molecule has 0 aliphatic heterocycles. The van der Waals surface area contributed by atoms with Gasteiger partial charge in [0.05, 0.1) is 17.5 Å². The van der Waals surface area contributed by atoms with Crippen molar-refractivity contribution in [2.24, 2.45) is 29.4 Å². The number of nitrogens with one attached hydrogen (secondary N) is 1. The molecule has 0 radical (unpaired) electrons. The summed E-state index contributed by atoms with van der Waals surface area (Å²) in [5.74, 6) is -12.4. The fourth-order valence-electron chi connectivity index (χ4n) is 6.90. The van der Waals surface area contributed by atoms with Crippen LogP contribution < -0.4 is 11.1 Å². The van der Waals surface area contributed by atoms with Crippen molar-refractivity contribution in [2.45, 2.75) is 50.9 Å². The van der Waals surface area contributed by atoms with Crippen molar-refractivity contribution in [3.63, 3.8) is 0 Å². The molecule has 0 aromatic heterocycles. The lowest BCUT2D eigenvalue weighted by Crippen LogP contribution is -2.74. The van der Waals surface area contributed by atoms with E-state index in [1.807, 2.05) is 13.8 Å². The fraction of sp³-hybridized carbons (Fsp3) is 0.483. The highest BCUT2D eigenvalue weighted by molar-refractivity contribution is 6.32. The van der Waals surface area contributed by atoms with Crippen LogP contribution in [0.2, 0.25) is 0 Å². The number of fused-ring (bicyclic) bond motifs is 4. The summed E-state index contributed by atoms with van der Waals surface area (Å²) in [4.78, 5) is 67.7. The van der Waals surface area contributed by atoms with Crippen LogP contribution in [-0.4, -0.2) is 75.9 Å². The van der Waals surface area contributed by atoms with Crippen molar-refractivity contribution in [3.8, 4) is 5.75 Å². The van der Waals surface area contributed by atoms with Crippen molar-refractivity contribution in [3.05, 3.63) is 40.7 Å². The van der Waals surface area contributed by atoms with Crippen molar-refractivity contribution >= 4 is 39.8 Å². The van der Waals surface area contributed by atoms with Crippen LogP contribution in [0.15, 0.2) is 18.2 Å². The van der Waals surface area contributed by atoms with Crippen molar-refractivity contribution < 1.29 is 38.6 Å². The highest BCUT2D eigenvalue weighted by Crippen LogP contribution is 2.52. The van der Waals surface area contributed by atoms with Gasteiger partial charge in [-0.3, -0.25) is 28.9 Å². The van der Waals surface area contributed by atoms with E-state index in [-0.39, 0.29) is 40.8 Å². The lowest BCUT2D eigenvalue weighted by molar-refractivity contribution is -0.181. The van der Waals surface area contributed by atoms with Gasteiger partial charge in [-0.25, -0.2) is 4.39 Å². The van der Waals surface area contributed by atoms with Gasteiger partial charge in [0.15, 0.2) is 34.7 Å². The van der Waals surface area contributed by atoms with Gasteiger partial charge in [0.2, 0.25) is 5.91 Å².